The normalized spacial score (nSPS) is 10.3. The van der Waals surface area contributed by atoms with E-state index >= 15 is 0 Å². The van der Waals surface area contributed by atoms with Crippen LogP contribution in [0.5, 0.6) is 0 Å². The molecule has 1 amide bonds. The van der Waals surface area contributed by atoms with E-state index in [0.29, 0.717) is 16.9 Å². The van der Waals surface area contributed by atoms with Gasteiger partial charge in [0.1, 0.15) is 11.4 Å². The number of nitro benzene ring substituents is 2. The monoisotopic (exact) mass is 459 g/mol. The topological polar surface area (TPSA) is 142 Å². The largest absolute Gasteiger partial charge is 0.350 e. The molecule has 0 aromatic heterocycles. The van der Waals surface area contributed by atoms with Crippen LogP contribution in [-0.2, 0) is 4.79 Å². The van der Waals surface area contributed by atoms with E-state index in [1.807, 2.05) is 25.1 Å². The summed E-state index contributed by atoms with van der Waals surface area (Å²) in [5, 5.41) is 35.5. The van der Waals surface area contributed by atoms with Gasteiger partial charge in [-0.1, -0.05) is 17.7 Å². The Labute approximate surface area is 195 Å². The van der Waals surface area contributed by atoms with Crippen molar-refractivity contribution in [2.24, 2.45) is 0 Å². The van der Waals surface area contributed by atoms with E-state index in [2.05, 4.69) is 5.32 Å². The lowest BCUT2D eigenvalue weighted by molar-refractivity contribution is -0.393. The van der Waals surface area contributed by atoms with Gasteiger partial charge in [-0.15, -0.1) is 0 Å². The Hall–Kier alpha value is -4.78. The van der Waals surface area contributed by atoms with Crippen LogP contribution in [0.2, 0.25) is 0 Å². The van der Waals surface area contributed by atoms with Crippen LogP contribution >= 0.6 is 0 Å². The Bertz CT molecular complexity index is 1340. The van der Waals surface area contributed by atoms with Crippen molar-refractivity contribution < 1.29 is 14.6 Å². The van der Waals surface area contributed by atoms with Gasteiger partial charge >= 0.3 is 0 Å². The third-order valence-electron chi connectivity index (χ3n) is 5.19. The summed E-state index contributed by atoms with van der Waals surface area (Å²) in [7, 11) is 0. The highest BCUT2D eigenvalue weighted by Crippen LogP contribution is 2.43. The molecule has 172 valence electrons. The lowest BCUT2D eigenvalue weighted by Crippen LogP contribution is -2.25. The van der Waals surface area contributed by atoms with Gasteiger partial charge in [0.05, 0.1) is 33.2 Å². The molecule has 3 aromatic rings. The van der Waals surface area contributed by atoms with Gasteiger partial charge in [0, 0.05) is 12.6 Å². The first-order valence-electron chi connectivity index (χ1n) is 10.2. The zero-order valence-electron chi connectivity index (χ0n) is 18.9. The van der Waals surface area contributed by atoms with Crippen LogP contribution in [0.15, 0.2) is 48.5 Å². The van der Waals surface area contributed by atoms with Crippen molar-refractivity contribution >= 4 is 40.0 Å². The molecule has 1 N–H and O–H groups in total. The maximum Gasteiger partial charge on any atom is 0.300 e. The number of nitriles is 1. The minimum absolute atomic E-state index is 0.0380. The maximum absolute atomic E-state index is 12.8. The fourth-order valence-corrected chi connectivity index (χ4v) is 3.90. The first-order valence-corrected chi connectivity index (χ1v) is 10.2. The molecule has 0 saturated heterocycles. The van der Waals surface area contributed by atoms with Gasteiger partial charge in [0.15, 0.2) is 0 Å². The van der Waals surface area contributed by atoms with Crippen molar-refractivity contribution in [3.05, 3.63) is 91.0 Å². The summed E-state index contributed by atoms with van der Waals surface area (Å²) in [6.07, 6.45) is 0. The summed E-state index contributed by atoms with van der Waals surface area (Å²) in [5.74, 6) is -0.490. The third-order valence-corrected chi connectivity index (χ3v) is 5.19. The van der Waals surface area contributed by atoms with Crippen molar-refractivity contribution in [3.63, 3.8) is 0 Å². The summed E-state index contributed by atoms with van der Waals surface area (Å²) in [6, 6.07) is 13.9. The molecule has 0 saturated carbocycles. The smallest absolute Gasteiger partial charge is 0.300 e. The number of carbonyl (C=O) groups is 1. The number of amides is 1. The van der Waals surface area contributed by atoms with Crippen molar-refractivity contribution in [1.29, 1.82) is 5.26 Å². The number of benzene rings is 3. The highest BCUT2D eigenvalue weighted by atomic mass is 16.6. The van der Waals surface area contributed by atoms with Crippen LogP contribution in [0.3, 0.4) is 0 Å². The summed E-state index contributed by atoms with van der Waals surface area (Å²) in [6.45, 7) is 6.75. The quantitative estimate of drug-likeness (QED) is 0.366. The average molecular weight is 459 g/mol. The number of hydrogen-bond acceptors (Lipinski definition) is 7. The zero-order valence-corrected chi connectivity index (χ0v) is 18.9. The van der Waals surface area contributed by atoms with Gasteiger partial charge in [-0.05, 0) is 62.2 Å². The van der Waals surface area contributed by atoms with E-state index in [9.17, 15) is 25.0 Å². The molecule has 0 unspecified atom stereocenters. The van der Waals surface area contributed by atoms with Crippen molar-refractivity contribution in [2.45, 2.75) is 27.7 Å². The molecule has 0 aliphatic carbocycles. The van der Waals surface area contributed by atoms with E-state index in [0.717, 1.165) is 22.8 Å². The van der Waals surface area contributed by atoms with Crippen molar-refractivity contribution in [3.8, 4) is 6.07 Å². The molecule has 0 atom stereocenters. The lowest BCUT2D eigenvalue weighted by Gasteiger charge is -2.26. The van der Waals surface area contributed by atoms with Crippen molar-refractivity contribution in [2.75, 3.05) is 10.2 Å². The van der Waals surface area contributed by atoms with Crippen LogP contribution in [0.25, 0.3) is 0 Å². The number of anilines is 4. The van der Waals surface area contributed by atoms with E-state index in [1.54, 1.807) is 26.0 Å². The second-order valence-electron chi connectivity index (χ2n) is 7.79. The lowest BCUT2D eigenvalue weighted by atomic mass is 10.0. The second-order valence-corrected chi connectivity index (χ2v) is 7.79. The number of aryl methyl sites for hydroxylation is 3. The average Bonchev–Trinajstić information content (AvgIpc) is 2.75. The van der Waals surface area contributed by atoms with Crippen LogP contribution in [0.4, 0.5) is 34.1 Å². The van der Waals surface area contributed by atoms with Crippen LogP contribution in [0.1, 0.15) is 29.2 Å². The first kappa shape index (κ1) is 23.9. The zero-order chi connectivity index (χ0) is 25.2. The minimum Gasteiger partial charge on any atom is -0.350 e. The molecule has 0 aliphatic heterocycles. The Balaban J connectivity index is 2.28. The maximum atomic E-state index is 12.8. The van der Waals surface area contributed by atoms with Gasteiger partial charge in [0.25, 0.3) is 11.4 Å². The third kappa shape index (κ3) is 4.68. The molecular formula is C24H21N5O5. The summed E-state index contributed by atoms with van der Waals surface area (Å²) in [4.78, 5) is 36.2. The Kier molecular flexibility index (Phi) is 6.58. The molecule has 0 aliphatic rings. The molecule has 3 aromatic carbocycles. The first-order chi connectivity index (χ1) is 16.0. The molecule has 0 spiro atoms. The van der Waals surface area contributed by atoms with E-state index in [1.165, 1.54) is 30.0 Å². The van der Waals surface area contributed by atoms with Crippen LogP contribution in [-0.4, -0.2) is 15.8 Å². The predicted molar refractivity (Wildman–Crippen MR) is 128 cm³/mol. The van der Waals surface area contributed by atoms with Crippen molar-refractivity contribution in [1.82, 2.24) is 0 Å². The molecule has 34 heavy (non-hydrogen) atoms. The summed E-state index contributed by atoms with van der Waals surface area (Å²) in [5.41, 5.74) is 2.47. The summed E-state index contributed by atoms with van der Waals surface area (Å²) < 4.78 is 0. The fraction of sp³-hybridized carbons (Fsp3) is 0.167. The molecule has 10 heteroatoms. The highest BCUT2D eigenvalue weighted by molar-refractivity contribution is 6.04. The highest BCUT2D eigenvalue weighted by Gasteiger charge is 2.31. The number of nitrogens with zero attached hydrogens (tertiary/aromatic N) is 4. The second kappa shape index (κ2) is 9.38. The molecule has 0 bridgehead atoms. The van der Waals surface area contributed by atoms with Gasteiger partial charge in [-0.25, -0.2) is 0 Å². The van der Waals surface area contributed by atoms with Crippen LogP contribution < -0.4 is 10.2 Å². The molecular weight excluding hydrogens is 438 g/mol. The van der Waals surface area contributed by atoms with E-state index < -0.39 is 27.1 Å². The number of rotatable bonds is 6. The van der Waals surface area contributed by atoms with Gasteiger partial charge < -0.3 is 5.32 Å². The number of carbonyl (C=O) groups excluding carboxylic acids is 1. The molecule has 0 heterocycles. The SMILES string of the molecule is CC(=O)N(c1cc(Nc2ccc(C#N)cc2)c([N+](=O)[O-])cc1[N+](=O)[O-])c1c(C)cc(C)cc1C. The Morgan fingerprint density at radius 3 is 1.97 bits per heavy atom. The molecule has 0 fully saturated rings. The van der Waals surface area contributed by atoms with E-state index in [4.69, 9.17) is 5.26 Å². The number of nitro groups is 2. The van der Waals surface area contributed by atoms with Gasteiger partial charge in [-0.3, -0.25) is 29.9 Å². The molecule has 10 nitrogen and oxygen atoms in total. The molecule has 3 rings (SSSR count). The van der Waals surface area contributed by atoms with Crippen LogP contribution in [0, 0.1) is 52.3 Å². The standard InChI is InChI=1S/C24H21N5O5/c1-14-9-15(2)24(16(3)10-14)27(17(4)30)22-11-20(21(28(31)32)12-23(22)29(33)34)26-19-7-5-18(13-25)6-8-19/h5-12,26H,1-4H3. The summed E-state index contributed by atoms with van der Waals surface area (Å²) >= 11 is 0. The van der Waals surface area contributed by atoms with Gasteiger partial charge in [0.2, 0.25) is 5.91 Å². The Morgan fingerprint density at radius 1 is 0.941 bits per heavy atom. The number of hydrogen-bond donors (Lipinski definition) is 1. The minimum atomic E-state index is -0.747. The fourth-order valence-electron chi connectivity index (χ4n) is 3.90. The number of nitrogens with one attached hydrogen (secondary N) is 1. The molecule has 0 radical (unpaired) electrons. The Morgan fingerprint density at radius 2 is 1.50 bits per heavy atom. The predicted octanol–water partition coefficient (Wildman–Crippen LogP) is 5.73. The van der Waals surface area contributed by atoms with Gasteiger partial charge in [-0.2, -0.15) is 5.26 Å². The van der Waals surface area contributed by atoms with E-state index in [-0.39, 0.29) is 11.4 Å².